The number of fused-ring (bicyclic) bond motifs is 1. The van der Waals surface area contributed by atoms with Crippen LogP contribution in [-0.2, 0) is 16.1 Å². The molecule has 1 aromatic carbocycles. The van der Waals surface area contributed by atoms with Crippen LogP contribution in [0.5, 0.6) is 0 Å². The Hall–Kier alpha value is -1.99. The molecule has 0 unspecified atom stereocenters. The van der Waals surface area contributed by atoms with E-state index in [2.05, 4.69) is 27.5 Å². The third-order valence-electron chi connectivity index (χ3n) is 7.44. The molecule has 3 fully saturated rings. The topological polar surface area (TPSA) is 64.7 Å². The van der Waals surface area contributed by atoms with Crippen LogP contribution in [0.15, 0.2) is 24.3 Å². The van der Waals surface area contributed by atoms with Crippen LogP contribution in [-0.4, -0.2) is 65.9 Å². The number of carbonyl (C=O) groups is 2. The van der Waals surface area contributed by atoms with Gasteiger partial charge in [0.15, 0.2) is 0 Å². The van der Waals surface area contributed by atoms with Crippen molar-refractivity contribution >= 4 is 11.8 Å². The van der Waals surface area contributed by atoms with Crippen LogP contribution in [0, 0.1) is 5.82 Å². The minimum Gasteiger partial charge on any atom is -0.353 e. The van der Waals surface area contributed by atoms with Crippen molar-refractivity contribution in [2.45, 2.75) is 82.1 Å². The molecule has 0 aromatic heterocycles. The fraction of sp³-hybridized carbons (Fsp3) is 0.667. The maximum absolute atomic E-state index is 13.0. The van der Waals surface area contributed by atoms with E-state index >= 15 is 0 Å². The summed E-state index contributed by atoms with van der Waals surface area (Å²) < 4.78 is 13.0. The number of amides is 2. The summed E-state index contributed by atoms with van der Waals surface area (Å²) in [5, 5.41) is 6.08. The molecule has 31 heavy (non-hydrogen) atoms. The van der Waals surface area contributed by atoms with Crippen LogP contribution in [0.4, 0.5) is 4.39 Å². The predicted octanol–water partition coefficient (Wildman–Crippen LogP) is 2.43. The van der Waals surface area contributed by atoms with Gasteiger partial charge in [0, 0.05) is 44.2 Å². The molecule has 7 heteroatoms. The van der Waals surface area contributed by atoms with Crippen LogP contribution in [0.2, 0.25) is 0 Å². The minimum atomic E-state index is -0.277. The second-order valence-electron chi connectivity index (χ2n) is 9.34. The molecule has 3 atom stereocenters. The summed E-state index contributed by atoms with van der Waals surface area (Å²) in [6.07, 6.45) is 8.40. The molecular formula is C24H35FN4O2. The van der Waals surface area contributed by atoms with Gasteiger partial charge in [-0.1, -0.05) is 31.4 Å². The Kier molecular flexibility index (Phi) is 7.23. The lowest BCUT2D eigenvalue weighted by atomic mass is 9.93. The zero-order valence-corrected chi connectivity index (χ0v) is 18.5. The third-order valence-corrected chi connectivity index (χ3v) is 7.44. The summed E-state index contributed by atoms with van der Waals surface area (Å²) >= 11 is 0. The molecule has 0 bridgehead atoms. The van der Waals surface area contributed by atoms with E-state index in [0.29, 0.717) is 32.0 Å². The number of rotatable bonds is 6. The molecule has 170 valence electrons. The number of hydrogen-bond acceptors (Lipinski definition) is 4. The Morgan fingerprint density at radius 2 is 1.90 bits per heavy atom. The second-order valence-corrected chi connectivity index (χ2v) is 9.34. The number of nitrogens with zero attached hydrogens (tertiary/aromatic N) is 2. The average Bonchev–Trinajstić information content (AvgIpc) is 3.19. The largest absolute Gasteiger partial charge is 0.353 e. The fourth-order valence-electron chi connectivity index (χ4n) is 5.61. The van der Waals surface area contributed by atoms with Crippen molar-refractivity contribution in [3.8, 4) is 0 Å². The van der Waals surface area contributed by atoms with E-state index < -0.39 is 0 Å². The maximum atomic E-state index is 13.0. The van der Waals surface area contributed by atoms with Gasteiger partial charge >= 0.3 is 0 Å². The fourth-order valence-corrected chi connectivity index (χ4v) is 5.61. The van der Waals surface area contributed by atoms with Crippen molar-refractivity contribution in [2.24, 2.45) is 0 Å². The van der Waals surface area contributed by atoms with Gasteiger partial charge in [-0.05, 0) is 50.4 Å². The SMILES string of the molecule is CN1[C@@H](CCC(=O)NCc2ccc(F)cc2)CNC(=O)[C@@H]2[C@H]1CCN2C1CCCCC1. The standard InChI is InChI=1S/C24H35FN4O2/c1-28-20(11-12-22(30)26-15-17-7-9-18(25)10-8-17)16-27-24(31)23-21(28)13-14-29(23)19-5-3-2-4-6-19/h7-10,19-21,23H,2-6,11-16H2,1H3,(H,26,30)(H,27,31)/t20-,21+,23-/m0/s1. The van der Waals surface area contributed by atoms with Gasteiger partial charge in [-0.15, -0.1) is 0 Å². The monoisotopic (exact) mass is 430 g/mol. The van der Waals surface area contributed by atoms with E-state index in [-0.39, 0.29) is 35.8 Å². The zero-order valence-electron chi connectivity index (χ0n) is 18.5. The molecule has 2 heterocycles. The highest BCUT2D eigenvalue weighted by atomic mass is 19.1. The van der Waals surface area contributed by atoms with Crippen molar-refractivity contribution < 1.29 is 14.0 Å². The molecule has 1 aromatic rings. The Bertz CT molecular complexity index is 765. The van der Waals surface area contributed by atoms with E-state index in [1.807, 2.05) is 0 Å². The van der Waals surface area contributed by atoms with Crippen LogP contribution < -0.4 is 10.6 Å². The van der Waals surface area contributed by atoms with Crippen molar-refractivity contribution in [3.63, 3.8) is 0 Å². The molecule has 1 saturated carbocycles. The van der Waals surface area contributed by atoms with Crippen LogP contribution in [0.1, 0.15) is 56.9 Å². The molecule has 2 saturated heterocycles. The first-order valence-electron chi connectivity index (χ1n) is 11.8. The summed E-state index contributed by atoms with van der Waals surface area (Å²) in [4.78, 5) is 30.2. The van der Waals surface area contributed by atoms with Crippen molar-refractivity contribution in [1.29, 1.82) is 0 Å². The van der Waals surface area contributed by atoms with Gasteiger partial charge in [0.25, 0.3) is 0 Å². The minimum absolute atomic E-state index is 0.0138. The van der Waals surface area contributed by atoms with Crippen molar-refractivity contribution in [1.82, 2.24) is 20.4 Å². The lowest BCUT2D eigenvalue weighted by molar-refractivity contribution is -0.127. The number of benzene rings is 1. The smallest absolute Gasteiger partial charge is 0.239 e. The molecule has 3 aliphatic rings. The van der Waals surface area contributed by atoms with Gasteiger partial charge in [-0.3, -0.25) is 19.4 Å². The quantitative estimate of drug-likeness (QED) is 0.728. The molecule has 2 amide bonds. The van der Waals surface area contributed by atoms with Gasteiger partial charge in [-0.2, -0.15) is 0 Å². The van der Waals surface area contributed by atoms with Crippen LogP contribution >= 0.6 is 0 Å². The zero-order chi connectivity index (χ0) is 21.8. The Balaban J connectivity index is 1.30. The Morgan fingerprint density at radius 3 is 2.65 bits per heavy atom. The lowest BCUT2D eigenvalue weighted by Crippen LogP contribution is -2.53. The third kappa shape index (κ3) is 5.26. The normalized spacial score (nSPS) is 28.1. The number of likely N-dealkylation sites (tertiary alicyclic amines) is 1. The van der Waals surface area contributed by atoms with Crippen molar-refractivity contribution in [2.75, 3.05) is 20.1 Å². The van der Waals surface area contributed by atoms with Crippen LogP contribution in [0.25, 0.3) is 0 Å². The number of hydrogen-bond donors (Lipinski definition) is 2. The molecule has 6 nitrogen and oxygen atoms in total. The predicted molar refractivity (Wildman–Crippen MR) is 118 cm³/mol. The van der Waals surface area contributed by atoms with Gasteiger partial charge in [0.2, 0.25) is 11.8 Å². The lowest BCUT2D eigenvalue weighted by Gasteiger charge is -2.37. The highest BCUT2D eigenvalue weighted by Gasteiger charge is 2.47. The summed E-state index contributed by atoms with van der Waals surface area (Å²) in [5.74, 6) is -0.135. The molecular weight excluding hydrogens is 395 g/mol. The van der Waals surface area contributed by atoms with E-state index in [1.165, 1.54) is 44.2 Å². The first-order chi connectivity index (χ1) is 15.0. The van der Waals surface area contributed by atoms with Crippen LogP contribution in [0.3, 0.4) is 0 Å². The summed E-state index contributed by atoms with van der Waals surface area (Å²) in [6.45, 7) is 1.98. The van der Waals surface area contributed by atoms with E-state index in [1.54, 1.807) is 12.1 Å². The van der Waals surface area contributed by atoms with E-state index in [4.69, 9.17) is 0 Å². The summed E-state index contributed by atoms with van der Waals surface area (Å²) in [5.41, 5.74) is 0.880. The molecule has 4 rings (SSSR count). The Morgan fingerprint density at radius 1 is 1.16 bits per heavy atom. The molecule has 2 N–H and O–H groups in total. The van der Waals surface area contributed by atoms with E-state index in [9.17, 15) is 14.0 Å². The second kappa shape index (κ2) is 10.1. The highest BCUT2D eigenvalue weighted by molar-refractivity contribution is 5.83. The van der Waals surface area contributed by atoms with Gasteiger partial charge in [0.1, 0.15) is 11.9 Å². The highest BCUT2D eigenvalue weighted by Crippen LogP contribution is 2.33. The first-order valence-corrected chi connectivity index (χ1v) is 11.8. The summed E-state index contributed by atoms with van der Waals surface area (Å²) in [6, 6.07) is 7.02. The molecule has 2 aliphatic heterocycles. The summed E-state index contributed by atoms with van der Waals surface area (Å²) in [7, 11) is 2.11. The number of nitrogens with one attached hydrogen (secondary N) is 2. The number of carbonyl (C=O) groups excluding carboxylic acids is 2. The molecule has 1 aliphatic carbocycles. The molecule has 0 spiro atoms. The van der Waals surface area contributed by atoms with Gasteiger partial charge in [-0.25, -0.2) is 4.39 Å². The molecule has 0 radical (unpaired) electrons. The van der Waals surface area contributed by atoms with Crippen molar-refractivity contribution in [3.05, 3.63) is 35.6 Å². The maximum Gasteiger partial charge on any atom is 0.239 e. The van der Waals surface area contributed by atoms with Gasteiger partial charge < -0.3 is 10.6 Å². The van der Waals surface area contributed by atoms with E-state index in [0.717, 1.165) is 18.5 Å². The average molecular weight is 431 g/mol. The Labute approximate surface area is 184 Å². The number of halogens is 1. The van der Waals surface area contributed by atoms with Gasteiger partial charge in [0.05, 0.1) is 0 Å². The first kappa shape index (κ1) is 22.2. The number of likely N-dealkylation sites (N-methyl/N-ethyl adjacent to an activating group) is 1.